The highest BCUT2D eigenvalue weighted by molar-refractivity contribution is 6.31. The van der Waals surface area contributed by atoms with E-state index in [0.29, 0.717) is 40.8 Å². The average Bonchev–Trinajstić information content (AvgIpc) is 2.88. The first-order valence-electron chi connectivity index (χ1n) is 13.9. The molecule has 9 heteroatoms. The topological polar surface area (TPSA) is 84.8 Å². The standard InChI is InChI=1S/C32H39ClFN3O4/c1-20-27(29(30(38)39)41-31(2,3)4)28(37-14-12-32(5,6)13-15-37)24(19-35-20)26-10-9-23(18-36-26)40-16-11-21-7-8-22(34)17-25(21)33/h7-10,17-19,29H,11-16H2,1-6H3,(H,38,39). The van der Waals surface area contributed by atoms with Gasteiger partial charge in [-0.05, 0) is 75.8 Å². The van der Waals surface area contributed by atoms with Gasteiger partial charge in [0.1, 0.15) is 11.6 Å². The molecular weight excluding hydrogens is 545 g/mol. The lowest BCUT2D eigenvalue weighted by molar-refractivity contribution is -0.160. The Balaban J connectivity index is 1.66. The van der Waals surface area contributed by atoms with Crippen LogP contribution in [0, 0.1) is 18.2 Å². The van der Waals surface area contributed by atoms with Gasteiger partial charge in [-0.3, -0.25) is 9.97 Å². The molecule has 7 nitrogen and oxygen atoms in total. The zero-order valence-electron chi connectivity index (χ0n) is 24.6. The highest BCUT2D eigenvalue weighted by atomic mass is 35.5. The fraction of sp³-hybridized carbons (Fsp3) is 0.469. The van der Waals surface area contributed by atoms with Crippen molar-refractivity contribution in [2.75, 3.05) is 24.6 Å². The maximum Gasteiger partial charge on any atom is 0.337 e. The number of hydrogen-bond donors (Lipinski definition) is 1. The molecule has 1 aliphatic rings. The van der Waals surface area contributed by atoms with E-state index in [1.165, 1.54) is 12.1 Å². The quantitative estimate of drug-likeness (QED) is 0.280. The first-order valence-corrected chi connectivity index (χ1v) is 14.3. The first-order chi connectivity index (χ1) is 19.2. The van der Waals surface area contributed by atoms with Crippen LogP contribution in [0.1, 0.15) is 70.4 Å². The van der Waals surface area contributed by atoms with E-state index >= 15 is 0 Å². The Labute approximate surface area is 246 Å². The Kier molecular flexibility index (Phi) is 9.24. The van der Waals surface area contributed by atoms with Crippen LogP contribution in [-0.4, -0.2) is 46.3 Å². The average molecular weight is 584 g/mol. The third-order valence-electron chi connectivity index (χ3n) is 7.35. The number of hydrogen-bond acceptors (Lipinski definition) is 6. The summed E-state index contributed by atoms with van der Waals surface area (Å²) < 4.78 is 25.3. The lowest BCUT2D eigenvalue weighted by Gasteiger charge is -2.40. The van der Waals surface area contributed by atoms with Crippen molar-refractivity contribution in [1.82, 2.24) is 9.97 Å². The molecule has 1 aliphatic heterocycles. The summed E-state index contributed by atoms with van der Waals surface area (Å²) in [4.78, 5) is 24.1. The van der Waals surface area contributed by atoms with Gasteiger partial charge in [-0.15, -0.1) is 0 Å². The van der Waals surface area contributed by atoms with Crippen LogP contribution in [0.15, 0.2) is 42.7 Å². The predicted octanol–water partition coefficient (Wildman–Crippen LogP) is 7.43. The number of rotatable bonds is 9. The summed E-state index contributed by atoms with van der Waals surface area (Å²) in [6.45, 7) is 13.8. The second kappa shape index (κ2) is 12.3. The van der Waals surface area contributed by atoms with E-state index in [-0.39, 0.29) is 11.2 Å². The van der Waals surface area contributed by atoms with Gasteiger partial charge in [-0.2, -0.15) is 0 Å². The third kappa shape index (κ3) is 7.74. The molecule has 0 amide bonds. The van der Waals surface area contributed by atoms with E-state index in [1.54, 1.807) is 18.5 Å². The van der Waals surface area contributed by atoms with Gasteiger partial charge in [-0.25, -0.2) is 9.18 Å². The van der Waals surface area contributed by atoms with Crippen LogP contribution in [0.3, 0.4) is 0 Å². The summed E-state index contributed by atoms with van der Waals surface area (Å²) in [7, 11) is 0. The number of piperidine rings is 1. The Bertz CT molecular complexity index is 1380. The van der Waals surface area contributed by atoms with E-state index in [1.807, 2.05) is 39.8 Å². The Hall–Kier alpha value is -3.23. The number of carboxylic acids is 1. The number of halogens is 2. The number of carbonyl (C=O) groups is 1. The van der Waals surface area contributed by atoms with Crippen molar-refractivity contribution in [3.8, 4) is 17.0 Å². The SMILES string of the molecule is Cc1ncc(-c2ccc(OCCc3ccc(F)cc3Cl)cn2)c(N2CCC(C)(C)CC2)c1C(OC(C)(C)C)C(=O)O. The molecule has 2 aromatic heterocycles. The molecule has 1 fully saturated rings. The van der Waals surface area contributed by atoms with Crippen LogP contribution in [0.5, 0.6) is 5.75 Å². The Morgan fingerprint density at radius 3 is 2.44 bits per heavy atom. The largest absolute Gasteiger partial charge is 0.492 e. The number of carboxylic acid groups (broad SMARTS) is 1. The molecule has 0 radical (unpaired) electrons. The number of benzene rings is 1. The fourth-order valence-corrected chi connectivity index (χ4v) is 5.26. The van der Waals surface area contributed by atoms with E-state index in [4.69, 9.17) is 21.1 Å². The normalized spacial score (nSPS) is 16.0. The number of ether oxygens (including phenoxy) is 2. The van der Waals surface area contributed by atoms with Gasteiger partial charge in [0.25, 0.3) is 0 Å². The van der Waals surface area contributed by atoms with Crippen LogP contribution >= 0.6 is 11.6 Å². The van der Waals surface area contributed by atoms with Gasteiger partial charge in [0, 0.05) is 47.6 Å². The number of anilines is 1. The van der Waals surface area contributed by atoms with Gasteiger partial charge in [0.05, 0.1) is 29.8 Å². The highest BCUT2D eigenvalue weighted by Gasteiger charge is 2.36. The smallest absolute Gasteiger partial charge is 0.337 e. The third-order valence-corrected chi connectivity index (χ3v) is 7.70. The molecule has 0 bridgehead atoms. The molecule has 1 N–H and O–H groups in total. The van der Waals surface area contributed by atoms with Gasteiger partial charge in [0.15, 0.2) is 6.10 Å². The predicted molar refractivity (Wildman–Crippen MR) is 159 cm³/mol. The van der Waals surface area contributed by atoms with Crippen molar-refractivity contribution >= 4 is 23.3 Å². The van der Waals surface area contributed by atoms with Crippen LogP contribution in [0.25, 0.3) is 11.3 Å². The molecular formula is C32H39ClFN3O4. The number of nitrogens with zero attached hydrogens (tertiary/aromatic N) is 3. The minimum absolute atomic E-state index is 0.211. The van der Waals surface area contributed by atoms with Gasteiger partial charge >= 0.3 is 5.97 Å². The van der Waals surface area contributed by atoms with Crippen molar-refractivity contribution in [2.24, 2.45) is 5.41 Å². The number of aliphatic carboxylic acids is 1. The molecule has 1 unspecified atom stereocenters. The molecule has 3 aromatic rings. The molecule has 1 saturated heterocycles. The molecule has 220 valence electrons. The number of aromatic nitrogens is 2. The van der Waals surface area contributed by atoms with E-state index < -0.39 is 17.7 Å². The van der Waals surface area contributed by atoms with Crippen LogP contribution in [0.2, 0.25) is 5.02 Å². The van der Waals surface area contributed by atoms with Crippen molar-refractivity contribution in [3.63, 3.8) is 0 Å². The van der Waals surface area contributed by atoms with Crippen LogP contribution in [-0.2, 0) is 16.0 Å². The highest BCUT2D eigenvalue weighted by Crippen LogP contribution is 2.43. The molecule has 41 heavy (non-hydrogen) atoms. The first kappa shape index (κ1) is 30.7. The Morgan fingerprint density at radius 2 is 1.85 bits per heavy atom. The zero-order chi connectivity index (χ0) is 29.9. The summed E-state index contributed by atoms with van der Waals surface area (Å²) in [6, 6.07) is 8.01. The second-order valence-corrected chi connectivity index (χ2v) is 12.7. The molecule has 3 heterocycles. The van der Waals surface area contributed by atoms with Gasteiger partial charge in [-0.1, -0.05) is 31.5 Å². The summed E-state index contributed by atoms with van der Waals surface area (Å²) in [5.41, 5.74) is 3.72. The summed E-state index contributed by atoms with van der Waals surface area (Å²) >= 11 is 6.13. The van der Waals surface area contributed by atoms with Crippen molar-refractivity contribution in [1.29, 1.82) is 0 Å². The molecule has 1 aromatic carbocycles. The van der Waals surface area contributed by atoms with Crippen molar-refractivity contribution in [2.45, 2.75) is 72.5 Å². The molecule has 4 rings (SSSR count). The lowest BCUT2D eigenvalue weighted by Crippen LogP contribution is -2.39. The van der Waals surface area contributed by atoms with Crippen molar-refractivity contribution in [3.05, 3.63) is 70.4 Å². The van der Waals surface area contributed by atoms with Gasteiger partial charge < -0.3 is 19.5 Å². The second-order valence-electron chi connectivity index (χ2n) is 12.3. The van der Waals surface area contributed by atoms with E-state index in [0.717, 1.165) is 42.7 Å². The van der Waals surface area contributed by atoms with E-state index in [2.05, 4.69) is 28.7 Å². The van der Waals surface area contributed by atoms with Gasteiger partial charge in [0.2, 0.25) is 0 Å². The minimum atomic E-state index is -1.19. The lowest BCUT2D eigenvalue weighted by atomic mass is 9.82. The minimum Gasteiger partial charge on any atom is -0.492 e. The molecule has 0 saturated carbocycles. The summed E-state index contributed by atoms with van der Waals surface area (Å²) in [5.74, 6) is -0.855. The maximum atomic E-state index is 13.3. The fourth-order valence-electron chi connectivity index (χ4n) is 5.00. The molecule has 0 spiro atoms. The maximum absolute atomic E-state index is 13.3. The monoisotopic (exact) mass is 583 g/mol. The molecule has 1 atom stereocenters. The van der Waals surface area contributed by atoms with Crippen molar-refractivity contribution < 1.29 is 23.8 Å². The number of pyridine rings is 2. The number of aryl methyl sites for hydroxylation is 1. The summed E-state index contributed by atoms with van der Waals surface area (Å²) in [5, 5.41) is 10.7. The Morgan fingerprint density at radius 1 is 1.15 bits per heavy atom. The molecule has 0 aliphatic carbocycles. The van der Waals surface area contributed by atoms with Crippen LogP contribution < -0.4 is 9.64 Å². The van der Waals surface area contributed by atoms with E-state index in [9.17, 15) is 14.3 Å². The summed E-state index contributed by atoms with van der Waals surface area (Å²) in [6.07, 6.45) is 4.69. The zero-order valence-corrected chi connectivity index (χ0v) is 25.4. The van der Waals surface area contributed by atoms with Crippen LogP contribution in [0.4, 0.5) is 10.1 Å².